The van der Waals surface area contributed by atoms with Crippen molar-refractivity contribution in [3.8, 4) is 17.5 Å². The fourth-order valence-corrected chi connectivity index (χ4v) is 2.18. The maximum Gasteiger partial charge on any atom is 0.227 e. The first-order valence-electron chi connectivity index (χ1n) is 6.52. The van der Waals surface area contributed by atoms with E-state index in [1.807, 2.05) is 24.3 Å². The predicted molar refractivity (Wildman–Crippen MR) is 79.8 cm³/mol. The van der Waals surface area contributed by atoms with Crippen molar-refractivity contribution in [2.45, 2.75) is 33.1 Å². The van der Waals surface area contributed by atoms with Crippen LogP contribution in [0.3, 0.4) is 0 Å². The SMILES string of the molecule is CCC(C)(CC#N)Cc1nc(-c2ccc(Br)cc2)no1. The molecule has 2 aromatic rings. The van der Waals surface area contributed by atoms with Gasteiger partial charge in [0.05, 0.1) is 6.07 Å². The van der Waals surface area contributed by atoms with Crippen LogP contribution in [0.4, 0.5) is 0 Å². The molecule has 2 rings (SSSR count). The molecule has 1 aromatic heterocycles. The van der Waals surface area contributed by atoms with Crippen LogP contribution in [-0.2, 0) is 6.42 Å². The summed E-state index contributed by atoms with van der Waals surface area (Å²) in [6.07, 6.45) is 2.01. The number of nitrogens with zero attached hydrogens (tertiary/aromatic N) is 3. The summed E-state index contributed by atoms with van der Waals surface area (Å²) in [5.41, 5.74) is 0.805. The molecule has 1 unspecified atom stereocenters. The number of aromatic nitrogens is 2. The molecule has 0 aliphatic carbocycles. The molecule has 0 N–H and O–H groups in total. The molecule has 1 atom stereocenters. The molecule has 0 aliphatic heterocycles. The Kier molecular flexibility index (Phi) is 4.56. The highest BCUT2D eigenvalue weighted by Crippen LogP contribution is 2.30. The number of hydrogen-bond acceptors (Lipinski definition) is 4. The van der Waals surface area contributed by atoms with Crippen LogP contribution in [0.15, 0.2) is 33.3 Å². The van der Waals surface area contributed by atoms with Crippen LogP contribution in [0, 0.1) is 16.7 Å². The van der Waals surface area contributed by atoms with Crippen LogP contribution in [0.2, 0.25) is 0 Å². The van der Waals surface area contributed by atoms with Gasteiger partial charge in [-0.1, -0.05) is 34.9 Å². The molecule has 0 saturated heterocycles. The first-order valence-corrected chi connectivity index (χ1v) is 7.31. The minimum Gasteiger partial charge on any atom is -0.339 e. The molecule has 0 aliphatic rings. The zero-order chi connectivity index (χ0) is 14.6. The topological polar surface area (TPSA) is 62.7 Å². The molecule has 0 saturated carbocycles. The molecule has 104 valence electrons. The molecule has 0 spiro atoms. The van der Waals surface area contributed by atoms with E-state index in [0.29, 0.717) is 24.6 Å². The van der Waals surface area contributed by atoms with E-state index in [4.69, 9.17) is 9.78 Å². The van der Waals surface area contributed by atoms with Crippen molar-refractivity contribution in [3.05, 3.63) is 34.6 Å². The highest BCUT2D eigenvalue weighted by atomic mass is 79.9. The summed E-state index contributed by atoms with van der Waals surface area (Å²) in [6.45, 7) is 4.14. The second kappa shape index (κ2) is 6.19. The first-order chi connectivity index (χ1) is 9.56. The number of halogens is 1. The number of rotatable bonds is 5. The van der Waals surface area contributed by atoms with Crippen molar-refractivity contribution in [2.24, 2.45) is 5.41 Å². The average Bonchev–Trinajstić information content (AvgIpc) is 2.88. The molecule has 5 heteroatoms. The first kappa shape index (κ1) is 14.7. The molecule has 0 radical (unpaired) electrons. The van der Waals surface area contributed by atoms with Gasteiger partial charge in [-0.15, -0.1) is 0 Å². The fourth-order valence-electron chi connectivity index (χ4n) is 1.91. The maximum atomic E-state index is 8.90. The van der Waals surface area contributed by atoms with E-state index < -0.39 is 0 Å². The third-order valence-electron chi connectivity index (χ3n) is 3.51. The van der Waals surface area contributed by atoms with E-state index in [1.165, 1.54) is 0 Å². The van der Waals surface area contributed by atoms with E-state index in [2.05, 4.69) is 46.0 Å². The van der Waals surface area contributed by atoms with E-state index in [9.17, 15) is 0 Å². The minimum atomic E-state index is -0.113. The Balaban J connectivity index is 2.17. The summed E-state index contributed by atoms with van der Waals surface area (Å²) in [7, 11) is 0. The lowest BCUT2D eigenvalue weighted by Crippen LogP contribution is -2.18. The van der Waals surface area contributed by atoms with Gasteiger partial charge < -0.3 is 4.52 Å². The summed E-state index contributed by atoms with van der Waals surface area (Å²) in [5.74, 6) is 1.17. The van der Waals surface area contributed by atoms with Gasteiger partial charge in [0.1, 0.15) is 0 Å². The van der Waals surface area contributed by atoms with Crippen LogP contribution in [0.25, 0.3) is 11.4 Å². The van der Waals surface area contributed by atoms with Crippen molar-refractivity contribution in [3.63, 3.8) is 0 Å². The third-order valence-corrected chi connectivity index (χ3v) is 4.04. The Labute approximate surface area is 126 Å². The van der Waals surface area contributed by atoms with Crippen molar-refractivity contribution < 1.29 is 4.52 Å². The smallest absolute Gasteiger partial charge is 0.227 e. The van der Waals surface area contributed by atoms with Crippen LogP contribution < -0.4 is 0 Å². The number of nitriles is 1. The molecule has 20 heavy (non-hydrogen) atoms. The van der Waals surface area contributed by atoms with Crippen molar-refractivity contribution in [1.29, 1.82) is 5.26 Å². The van der Waals surface area contributed by atoms with E-state index in [1.54, 1.807) is 0 Å². The van der Waals surface area contributed by atoms with Crippen LogP contribution >= 0.6 is 15.9 Å². The van der Waals surface area contributed by atoms with Gasteiger partial charge in [0.25, 0.3) is 0 Å². The summed E-state index contributed by atoms with van der Waals surface area (Å²) < 4.78 is 6.32. The Hall–Kier alpha value is -1.67. The average molecular weight is 334 g/mol. The van der Waals surface area contributed by atoms with Gasteiger partial charge >= 0.3 is 0 Å². The van der Waals surface area contributed by atoms with Gasteiger partial charge in [0, 0.05) is 22.9 Å². The largest absolute Gasteiger partial charge is 0.339 e. The molecule has 4 nitrogen and oxygen atoms in total. The normalized spacial score (nSPS) is 13.7. The summed E-state index contributed by atoms with van der Waals surface area (Å²) in [4.78, 5) is 4.42. The van der Waals surface area contributed by atoms with Crippen molar-refractivity contribution in [2.75, 3.05) is 0 Å². The molecule has 0 amide bonds. The van der Waals surface area contributed by atoms with Gasteiger partial charge in [-0.25, -0.2) is 0 Å². The quantitative estimate of drug-likeness (QED) is 0.814. The Morgan fingerprint density at radius 3 is 2.65 bits per heavy atom. The summed E-state index contributed by atoms with van der Waals surface area (Å²) >= 11 is 3.39. The van der Waals surface area contributed by atoms with E-state index in [-0.39, 0.29) is 5.41 Å². The number of benzene rings is 1. The molecular weight excluding hydrogens is 318 g/mol. The van der Waals surface area contributed by atoms with Crippen molar-refractivity contribution >= 4 is 15.9 Å². The molecule has 1 heterocycles. The lowest BCUT2D eigenvalue weighted by molar-refractivity contribution is 0.266. The summed E-state index contributed by atoms with van der Waals surface area (Å²) in [6, 6.07) is 9.99. The van der Waals surface area contributed by atoms with E-state index in [0.717, 1.165) is 16.5 Å². The highest BCUT2D eigenvalue weighted by molar-refractivity contribution is 9.10. The highest BCUT2D eigenvalue weighted by Gasteiger charge is 2.25. The third kappa shape index (κ3) is 3.45. The second-order valence-electron chi connectivity index (χ2n) is 5.19. The Morgan fingerprint density at radius 2 is 2.05 bits per heavy atom. The maximum absolute atomic E-state index is 8.90. The standard InChI is InChI=1S/C15H16BrN3O/c1-3-15(2,8-9-17)10-13-18-14(19-20-13)11-4-6-12(16)7-5-11/h4-7H,3,8,10H2,1-2H3. The Bertz CT molecular complexity index is 615. The summed E-state index contributed by atoms with van der Waals surface area (Å²) in [5, 5.41) is 12.9. The van der Waals surface area contributed by atoms with Crippen LogP contribution in [0.1, 0.15) is 32.6 Å². The lowest BCUT2D eigenvalue weighted by Gasteiger charge is -2.22. The Morgan fingerprint density at radius 1 is 1.35 bits per heavy atom. The minimum absolute atomic E-state index is 0.113. The molecule has 0 fully saturated rings. The van der Waals surface area contributed by atoms with Crippen LogP contribution in [0.5, 0.6) is 0 Å². The van der Waals surface area contributed by atoms with Gasteiger partial charge in [0.2, 0.25) is 11.7 Å². The predicted octanol–water partition coefficient (Wildman–Crippen LogP) is 4.37. The van der Waals surface area contributed by atoms with Gasteiger partial charge in [-0.2, -0.15) is 10.2 Å². The zero-order valence-electron chi connectivity index (χ0n) is 11.6. The molecular formula is C15H16BrN3O. The van der Waals surface area contributed by atoms with Gasteiger partial charge in [-0.3, -0.25) is 0 Å². The van der Waals surface area contributed by atoms with E-state index >= 15 is 0 Å². The lowest BCUT2D eigenvalue weighted by atomic mass is 9.81. The zero-order valence-corrected chi connectivity index (χ0v) is 13.1. The molecule has 0 bridgehead atoms. The van der Waals surface area contributed by atoms with Gasteiger partial charge in [-0.05, 0) is 36.1 Å². The fraction of sp³-hybridized carbons (Fsp3) is 0.400. The monoisotopic (exact) mass is 333 g/mol. The van der Waals surface area contributed by atoms with Crippen molar-refractivity contribution in [1.82, 2.24) is 10.1 Å². The second-order valence-corrected chi connectivity index (χ2v) is 6.11. The number of hydrogen-bond donors (Lipinski definition) is 0. The van der Waals surface area contributed by atoms with Gasteiger partial charge in [0.15, 0.2) is 0 Å². The molecule has 1 aromatic carbocycles. The van der Waals surface area contributed by atoms with Crippen LogP contribution in [-0.4, -0.2) is 10.1 Å².